The molecule has 1 heterocycles. The molecule has 0 radical (unpaired) electrons. The monoisotopic (exact) mass is 600 g/mol. The van der Waals surface area contributed by atoms with Crippen LogP contribution in [0.1, 0.15) is 84.9 Å². The average Bonchev–Trinajstić information content (AvgIpc) is 3.44. The van der Waals surface area contributed by atoms with E-state index in [-0.39, 0.29) is 19.2 Å². The van der Waals surface area contributed by atoms with Crippen molar-refractivity contribution in [2.24, 2.45) is 10.9 Å². The summed E-state index contributed by atoms with van der Waals surface area (Å²) < 4.78 is 5.88. The van der Waals surface area contributed by atoms with E-state index < -0.39 is 11.6 Å². The number of carbonyl (C=O) groups is 1. The molecule has 45 heavy (non-hydrogen) atoms. The maximum absolute atomic E-state index is 14.4. The van der Waals surface area contributed by atoms with Crippen molar-refractivity contribution in [1.29, 1.82) is 0 Å². The van der Waals surface area contributed by atoms with Crippen LogP contribution in [0.5, 0.6) is 0 Å². The number of benzene rings is 4. The largest absolute Gasteiger partial charge is 0.464 e. The number of hydrogen-bond acceptors (Lipinski definition) is 5. The van der Waals surface area contributed by atoms with Crippen molar-refractivity contribution < 1.29 is 14.6 Å². The summed E-state index contributed by atoms with van der Waals surface area (Å²) in [6, 6.07) is 36.5. The summed E-state index contributed by atoms with van der Waals surface area (Å²) in [5.41, 5.74) is 4.68. The first kappa shape index (κ1) is 30.8. The fourth-order valence-electron chi connectivity index (χ4n) is 7.14. The van der Waals surface area contributed by atoms with Gasteiger partial charge in [-0.15, -0.1) is 0 Å². The Morgan fingerprint density at radius 3 is 2.11 bits per heavy atom. The zero-order valence-electron chi connectivity index (χ0n) is 26.3. The van der Waals surface area contributed by atoms with Gasteiger partial charge in [0.2, 0.25) is 5.54 Å². The van der Waals surface area contributed by atoms with Gasteiger partial charge in [0.1, 0.15) is 5.84 Å². The normalized spacial score (nSPS) is 20.2. The minimum Gasteiger partial charge on any atom is -0.464 e. The molecule has 2 aliphatic rings. The third-order valence-electron chi connectivity index (χ3n) is 9.51. The van der Waals surface area contributed by atoms with Crippen LogP contribution in [0.15, 0.2) is 114 Å². The molecular weight excluding hydrogens is 556 g/mol. The number of hydrogen-bond donors (Lipinski definition) is 1. The van der Waals surface area contributed by atoms with Crippen molar-refractivity contribution in [3.8, 4) is 0 Å². The van der Waals surface area contributed by atoms with Crippen LogP contribution in [-0.2, 0) is 34.6 Å². The highest BCUT2D eigenvalue weighted by Crippen LogP contribution is 2.50. The van der Waals surface area contributed by atoms with Gasteiger partial charge in [-0.05, 0) is 53.5 Å². The lowest BCUT2D eigenvalue weighted by atomic mass is 9.79. The molecule has 0 bridgehead atoms. The van der Waals surface area contributed by atoms with Gasteiger partial charge in [-0.25, -0.2) is 9.79 Å². The average molecular weight is 601 g/mol. The molecule has 1 aliphatic heterocycles. The minimum atomic E-state index is -1.32. The molecule has 0 saturated heterocycles. The zero-order chi connectivity index (χ0) is 31.1. The summed E-state index contributed by atoms with van der Waals surface area (Å²) >= 11 is 0. The number of ether oxygens (including phenoxy) is 1. The highest BCUT2D eigenvalue weighted by Gasteiger charge is 2.57. The van der Waals surface area contributed by atoms with E-state index in [1.807, 2.05) is 79.7 Å². The Labute approximate surface area is 267 Å². The predicted molar refractivity (Wildman–Crippen MR) is 180 cm³/mol. The number of amidine groups is 1. The first-order valence-corrected chi connectivity index (χ1v) is 16.5. The topological polar surface area (TPSA) is 62.1 Å². The zero-order valence-corrected chi connectivity index (χ0v) is 26.3. The van der Waals surface area contributed by atoms with Crippen molar-refractivity contribution in [2.45, 2.75) is 76.6 Å². The van der Waals surface area contributed by atoms with Crippen molar-refractivity contribution in [2.75, 3.05) is 6.61 Å². The molecule has 1 aliphatic carbocycles. The summed E-state index contributed by atoms with van der Waals surface area (Å²) in [5, 5.41) is 9.73. The third kappa shape index (κ3) is 6.60. The summed E-state index contributed by atoms with van der Waals surface area (Å²) in [5.74, 6) is 1.20. The van der Waals surface area contributed by atoms with Crippen molar-refractivity contribution in [3.05, 3.63) is 143 Å². The summed E-state index contributed by atoms with van der Waals surface area (Å²) in [6.07, 6.45) is 9.12. The van der Waals surface area contributed by atoms with Gasteiger partial charge in [0.15, 0.2) is 0 Å². The molecule has 232 valence electrons. The number of aryl methyl sites for hydroxylation is 1. The van der Waals surface area contributed by atoms with E-state index >= 15 is 0 Å². The SMILES string of the molecule is CCOC(=O)[C@]1(c2ccccc2)N=C(c2ccc(CO)cc2)N(Cc2ccccc2)[C@@H]1c1ccc(CCC2CCCCC2)cc1. The molecule has 0 unspecified atom stereocenters. The molecule has 5 nitrogen and oxygen atoms in total. The maximum atomic E-state index is 14.4. The first-order valence-electron chi connectivity index (χ1n) is 16.5. The fraction of sp³-hybridized carbons (Fsp3) is 0.350. The molecule has 2 atom stereocenters. The van der Waals surface area contributed by atoms with Gasteiger partial charge in [-0.2, -0.15) is 0 Å². The molecule has 4 aromatic carbocycles. The van der Waals surface area contributed by atoms with Gasteiger partial charge in [-0.3, -0.25) is 0 Å². The van der Waals surface area contributed by atoms with Crippen LogP contribution in [0.3, 0.4) is 0 Å². The molecule has 0 aromatic heterocycles. The van der Waals surface area contributed by atoms with E-state index in [4.69, 9.17) is 9.73 Å². The van der Waals surface area contributed by atoms with Crippen molar-refractivity contribution >= 4 is 11.8 Å². The number of aliphatic hydroxyl groups excluding tert-OH is 1. The second-order valence-corrected chi connectivity index (χ2v) is 12.4. The first-order chi connectivity index (χ1) is 22.1. The lowest BCUT2D eigenvalue weighted by molar-refractivity contribution is -0.151. The van der Waals surface area contributed by atoms with Crippen molar-refractivity contribution in [1.82, 2.24) is 4.90 Å². The maximum Gasteiger partial charge on any atom is 0.341 e. The Morgan fingerprint density at radius 2 is 1.47 bits per heavy atom. The molecule has 1 fully saturated rings. The van der Waals surface area contributed by atoms with Crippen LogP contribution in [0, 0.1) is 5.92 Å². The minimum absolute atomic E-state index is 0.0347. The second kappa shape index (κ2) is 14.3. The van der Waals surface area contributed by atoms with Gasteiger partial charge < -0.3 is 14.7 Å². The van der Waals surface area contributed by atoms with Crippen LogP contribution in [0.25, 0.3) is 0 Å². The van der Waals surface area contributed by atoms with Gasteiger partial charge in [0, 0.05) is 12.1 Å². The summed E-state index contributed by atoms with van der Waals surface area (Å²) in [7, 11) is 0. The molecule has 4 aromatic rings. The van der Waals surface area contributed by atoms with Crippen LogP contribution in [0.2, 0.25) is 0 Å². The van der Waals surface area contributed by atoms with Crippen LogP contribution >= 0.6 is 0 Å². The highest BCUT2D eigenvalue weighted by molar-refractivity contribution is 6.04. The van der Waals surface area contributed by atoms with Crippen LogP contribution in [0.4, 0.5) is 0 Å². The van der Waals surface area contributed by atoms with E-state index in [1.54, 1.807) is 0 Å². The van der Waals surface area contributed by atoms with E-state index in [0.29, 0.717) is 6.54 Å². The van der Waals surface area contributed by atoms with Gasteiger partial charge >= 0.3 is 5.97 Å². The number of esters is 1. The van der Waals surface area contributed by atoms with Gasteiger partial charge in [0.05, 0.1) is 19.3 Å². The van der Waals surface area contributed by atoms with E-state index in [1.165, 1.54) is 44.1 Å². The van der Waals surface area contributed by atoms with Crippen LogP contribution < -0.4 is 0 Å². The lowest BCUT2D eigenvalue weighted by Gasteiger charge is -2.37. The number of aliphatic imine (C=N–C) groups is 1. The molecular formula is C40H44N2O3. The van der Waals surface area contributed by atoms with Crippen LogP contribution in [-0.4, -0.2) is 28.4 Å². The molecule has 0 amide bonds. The molecule has 5 heteroatoms. The Bertz CT molecular complexity index is 1560. The summed E-state index contributed by atoms with van der Waals surface area (Å²) in [4.78, 5) is 22.0. The highest BCUT2D eigenvalue weighted by atomic mass is 16.5. The standard InChI is InChI=1S/C40H44N2O3/c1-2-45-39(44)40(36-16-10-5-11-17-36)37(34-24-20-31(21-25-34)19-18-30-12-6-3-7-13-30)42(28-32-14-8-4-9-15-32)38(41-40)35-26-22-33(29-43)23-27-35/h4-5,8-11,14-17,20-27,30,37,43H,2-3,6-7,12-13,18-19,28-29H2,1H3/t37-,40-/m1/s1. The van der Waals surface area contributed by atoms with Gasteiger partial charge in [-0.1, -0.05) is 141 Å². The van der Waals surface area contributed by atoms with E-state index in [2.05, 4.69) is 41.3 Å². The van der Waals surface area contributed by atoms with Gasteiger partial charge in [0.25, 0.3) is 0 Å². The molecule has 6 rings (SSSR count). The quantitative estimate of drug-likeness (QED) is 0.177. The number of carbonyl (C=O) groups excluding carboxylic acids is 1. The van der Waals surface area contributed by atoms with Crippen molar-refractivity contribution in [3.63, 3.8) is 0 Å². The fourth-order valence-corrected chi connectivity index (χ4v) is 7.14. The predicted octanol–water partition coefficient (Wildman–Crippen LogP) is 8.15. The Hall–Kier alpha value is -4.22. The number of nitrogens with zero attached hydrogens (tertiary/aromatic N) is 2. The second-order valence-electron chi connectivity index (χ2n) is 12.4. The molecule has 1 N–H and O–H groups in total. The number of rotatable bonds is 11. The Morgan fingerprint density at radius 1 is 0.822 bits per heavy atom. The Balaban J connectivity index is 1.47. The van der Waals surface area contributed by atoms with E-state index in [9.17, 15) is 9.90 Å². The molecule has 0 spiro atoms. The third-order valence-corrected chi connectivity index (χ3v) is 9.51. The number of aliphatic hydroxyl groups is 1. The molecule has 1 saturated carbocycles. The Kier molecular flexibility index (Phi) is 9.75. The summed E-state index contributed by atoms with van der Waals surface area (Å²) in [6.45, 7) is 2.63. The lowest BCUT2D eigenvalue weighted by Crippen LogP contribution is -2.44. The smallest absolute Gasteiger partial charge is 0.341 e. The van der Waals surface area contributed by atoms with E-state index in [0.717, 1.165) is 46.0 Å².